The number of carbonyl (C=O) groups excluding carboxylic acids is 1. The predicted octanol–water partition coefficient (Wildman–Crippen LogP) is 2.64. The molecule has 2 heterocycles. The van der Waals surface area contributed by atoms with Crippen molar-refractivity contribution in [2.45, 2.75) is 39.3 Å². The van der Waals surface area contributed by atoms with Gasteiger partial charge in [-0.1, -0.05) is 0 Å². The van der Waals surface area contributed by atoms with Crippen LogP contribution >= 0.6 is 23.1 Å². The molecule has 106 valence electrons. The molecular weight excluding hydrogens is 276 g/mol. The molecule has 1 fully saturated rings. The molecule has 1 saturated heterocycles. The topological polar surface area (TPSA) is 41.1 Å². The van der Waals surface area contributed by atoms with Gasteiger partial charge in [0, 0.05) is 40.3 Å². The van der Waals surface area contributed by atoms with Gasteiger partial charge in [0.05, 0.1) is 6.04 Å². The molecule has 2 unspecified atom stereocenters. The van der Waals surface area contributed by atoms with E-state index < -0.39 is 0 Å². The van der Waals surface area contributed by atoms with Crippen LogP contribution in [0.4, 0.5) is 0 Å². The highest BCUT2D eigenvalue weighted by Gasteiger charge is 2.19. The summed E-state index contributed by atoms with van der Waals surface area (Å²) in [5.41, 5.74) is 1.25. The monoisotopic (exact) mass is 298 g/mol. The van der Waals surface area contributed by atoms with Crippen molar-refractivity contribution in [2.75, 3.05) is 18.1 Å². The van der Waals surface area contributed by atoms with Crippen molar-refractivity contribution in [1.29, 1.82) is 0 Å². The number of carbonyl (C=O) groups is 1. The summed E-state index contributed by atoms with van der Waals surface area (Å²) < 4.78 is 0. The lowest BCUT2D eigenvalue weighted by Gasteiger charge is -2.23. The Bertz CT molecular complexity index is 439. The summed E-state index contributed by atoms with van der Waals surface area (Å²) in [5.74, 6) is 2.34. The quantitative estimate of drug-likeness (QED) is 0.898. The van der Waals surface area contributed by atoms with Crippen LogP contribution in [-0.2, 0) is 4.79 Å². The lowest BCUT2D eigenvalue weighted by Crippen LogP contribution is -2.41. The molecule has 2 N–H and O–H groups in total. The highest BCUT2D eigenvalue weighted by molar-refractivity contribution is 7.99. The molecule has 2 atom stereocenters. The molecule has 1 aromatic heterocycles. The van der Waals surface area contributed by atoms with Gasteiger partial charge in [-0.05, 0) is 32.4 Å². The first kappa shape index (κ1) is 14.9. The van der Waals surface area contributed by atoms with E-state index in [0.717, 1.165) is 18.1 Å². The molecular formula is C14H22N2OS2. The lowest BCUT2D eigenvalue weighted by molar-refractivity contribution is -0.122. The Morgan fingerprint density at radius 2 is 2.37 bits per heavy atom. The summed E-state index contributed by atoms with van der Waals surface area (Å²) in [5, 5.41) is 6.51. The number of hydrogen-bond donors (Lipinski definition) is 2. The van der Waals surface area contributed by atoms with Crippen LogP contribution in [0.2, 0.25) is 0 Å². The van der Waals surface area contributed by atoms with E-state index >= 15 is 0 Å². The van der Waals surface area contributed by atoms with Crippen molar-refractivity contribution in [2.24, 2.45) is 0 Å². The van der Waals surface area contributed by atoms with E-state index in [4.69, 9.17) is 0 Å². The fraction of sp³-hybridized carbons (Fsp3) is 0.643. The van der Waals surface area contributed by atoms with Gasteiger partial charge >= 0.3 is 0 Å². The Labute approximate surface area is 123 Å². The molecule has 0 spiro atoms. The summed E-state index contributed by atoms with van der Waals surface area (Å²) in [7, 11) is 0. The zero-order chi connectivity index (χ0) is 13.8. The van der Waals surface area contributed by atoms with Gasteiger partial charge in [0.1, 0.15) is 0 Å². The molecule has 0 bridgehead atoms. The number of thiophene rings is 1. The van der Waals surface area contributed by atoms with E-state index in [1.165, 1.54) is 15.3 Å². The average Bonchev–Trinajstić information content (AvgIpc) is 2.69. The number of hydrogen-bond acceptors (Lipinski definition) is 4. The number of rotatable bonds is 4. The van der Waals surface area contributed by atoms with E-state index in [9.17, 15) is 4.79 Å². The molecule has 1 aromatic rings. The van der Waals surface area contributed by atoms with E-state index in [1.54, 1.807) is 11.3 Å². The minimum absolute atomic E-state index is 0.105. The first-order valence-corrected chi connectivity index (χ1v) is 8.71. The fourth-order valence-corrected chi connectivity index (χ4v) is 4.40. The van der Waals surface area contributed by atoms with Crippen molar-refractivity contribution in [1.82, 2.24) is 10.6 Å². The minimum Gasteiger partial charge on any atom is -0.349 e. The van der Waals surface area contributed by atoms with Crippen LogP contribution in [0.15, 0.2) is 6.07 Å². The molecule has 5 heteroatoms. The van der Waals surface area contributed by atoms with Gasteiger partial charge in [-0.2, -0.15) is 11.8 Å². The van der Waals surface area contributed by atoms with Crippen LogP contribution in [0.25, 0.3) is 0 Å². The number of nitrogens with one attached hydrogen (secondary N) is 2. The first-order chi connectivity index (χ1) is 9.06. The third kappa shape index (κ3) is 4.23. The largest absolute Gasteiger partial charge is 0.349 e. The lowest BCUT2D eigenvalue weighted by atomic mass is 10.1. The molecule has 2 rings (SSSR count). The van der Waals surface area contributed by atoms with Gasteiger partial charge in [0.15, 0.2) is 0 Å². The zero-order valence-electron chi connectivity index (χ0n) is 11.8. The third-order valence-electron chi connectivity index (χ3n) is 3.35. The number of thioether (sulfide) groups is 1. The molecule has 0 radical (unpaired) electrons. The normalized spacial score (nSPS) is 21.1. The van der Waals surface area contributed by atoms with Gasteiger partial charge < -0.3 is 10.6 Å². The predicted molar refractivity (Wildman–Crippen MR) is 84.1 cm³/mol. The second-order valence-electron chi connectivity index (χ2n) is 5.09. The number of aryl methyl sites for hydroxylation is 2. The van der Waals surface area contributed by atoms with Crippen LogP contribution in [0.1, 0.15) is 34.7 Å². The highest BCUT2D eigenvalue weighted by Crippen LogP contribution is 2.26. The van der Waals surface area contributed by atoms with Gasteiger partial charge in [-0.15, -0.1) is 11.3 Å². The molecule has 19 heavy (non-hydrogen) atoms. The Morgan fingerprint density at radius 1 is 1.58 bits per heavy atom. The van der Waals surface area contributed by atoms with Gasteiger partial charge in [0.2, 0.25) is 5.91 Å². The van der Waals surface area contributed by atoms with Crippen LogP contribution in [0.5, 0.6) is 0 Å². The molecule has 0 aromatic carbocycles. The standard InChI is InChI=1S/C14H22N2OS2/c1-9-6-13(11(3)19-9)10(2)16-14(17)7-12-8-18-5-4-15-12/h6,10,12,15H,4-5,7-8H2,1-3H3,(H,16,17). The van der Waals surface area contributed by atoms with Gasteiger partial charge in [0.25, 0.3) is 0 Å². The van der Waals surface area contributed by atoms with Crippen molar-refractivity contribution in [3.63, 3.8) is 0 Å². The smallest absolute Gasteiger partial charge is 0.222 e. The Kier molecular flexibility index (Phi) is 5.30. The highest BCUT2D eigenvalue weighted by atomic mass is 32.2. The molecule has 0 aliphatic carbocycles. The van der Waals surface area contributed by atoms with Gasteiger partial charge in [-0.3, -0.25) is 4.79 Å². The van der Waals surface area contributed by atoms with Crippen molar-refractivity contribution >= 4 is 29.0 Å². The molecule has 1 aliphatic heterocycles. The Morgan fingerprint density at radius 3 is 2.95 bits per heavy atom. The maximum absolute atomic E-state index is 12.1. The summed E-state index contributed by atoms with van der Waals surface area (Å²) >= 11 is 3.72. The van der Waals surface area contributed by atoms with Crippen LogP contribution < -0.4 is 10.6 Å². The summed E-state index contributed by atoms with van der Waals surface area (Å²) in [6, 6.07) is 2.62. The van der Waals surface area contributed by atoms with E-state index in [-0.39, 0.29) is 11.9 Å². The maximum Gasteiger partial charge on any atom is 0.222 e. The summed E-state index contributed by atoms with van der Waals surface area (Å²) in [6.45, 7) is 7.31. The van der Waals surface area contributed by atoms with E-state index in [0.29, 0.717) is 12.5 Å². The van der Waals surface area contributed by atoms with Crippen LogP contribution in [-0.4, -0.2) is 30.0 Å². The van der Waals surface area contributed by atoms with Crippen molar-refractivity contribution in [3.05, 3.63) is 21.4 Å². The minimum atomic E-state index is 0.105. The zero-order valence-corrected chi connectivity index (χ0v) is 13.4. The summed E-state index contributed by atoms with van der Waals surface area (Å²) in [6.07, 6.45) is 0.583. The molecule has 1 aliphatic rings. The summed E-state index contributed by atoms with van der Waals surface area (Å²) in [4.78, 5) is 14.7. The second kappa shape index (κ2) is 6.77. The number of amides is 1. The first-order valence-electron chi connectivity index (χ1n) is 6.73. The fourth-order valence-electron chi connectivity index (χ4n) is 2.43. The van der Waals surface area contributed by atoms with Crippen LogP contribution in [0.3, 0.4) is 0 Å². The molecule has 3 nitrogen and oxygen atoms in total. The van der Waals surface area contributed by atoms with Crippen molar-refractivity contribution in [3.8, 4) is 0 Å². The average molecular weight is 298 g/mol. The molecule has 1 amide bonds. The van der Waals surface area contributed by atoms with Gasteiger partial charge in [-0.25, -0.2) is 0 Å². The molecule has 0 saturated carbocycles. The maximum atomic E-state index is 12.1. The van der Waals surface area contributed by atoms with Crippen LogP contribution in [0, 0.1) is 13.8 Å². The second-order valence-corrected chi connectivity index (χ2v) is 7.70. The third-order valence-corrected chi connectivity index (χ3v) is 5.47. The van der Waals surface area contributed by atoms with E-state index in [1.807, 2.05) is 11.8 Å². The SMILES string of the molecule is Cc1cc(C(C)NC(=O)CC2CSCCN2)c(C)s1. The van der Waals surface area contributed by atoms with Crippen molar-refractivity contribution < 1.29 is 4.79 Å². The Balaban J connectivity index is 1.86. The Hall–Kier alpha value is -0.520. The van der Waals surface area contributed by atoms with E-state index in [2.05, 4.69) is 37.5 Å².